The number of nitrogens with one attached hydrogen (secondary N) is 2. The van der Waals surface area contributed by atoms with E-state index >= 15 is 0 Å². The fourth-order valence-corrected chi connectivity index (χ4v) is 3.33. The number of carbonyl (C=O) groups excluding carboxylic acids is 1. The van der Waals surface area contributed by atoms with Gasteiger partial charge in [-0.3, -0.25) is 4.79 Å². The third-order valence-corrected chi connectivity index (χ3v) is 4.78. The van der Waals surface area contributed by atoms with E-state index in [1.54, 1.807) is 0 Å². The number of rotatable bonds is 4. The first-order chi connectivity index (χ1) is 10.2. The van der Waals surface area contributed by atoms with Crippen molar-refractivity contribution in [3.8, 4) is 0 Å². The second-order valence-corrected chi connectivity index (χ2v) is 6.38. The van der Waals surface area contributed by atoms with E-state index in [1.807, 2.05) is 18.2 Å². The molecule has 4 heteroatoms. The number of nitrogens with zero attached hydrogens (tertiary/aromatic N) is 1. The van der Waals surface area contributed by atoms with Crippen LogP contribution in [0.2, 0.25) is 0 Å². The van der Waals surface area contributed by atoms with Crippen molar-refractivity contribution in [1.29, 1.82) is 0 Å². The van der Waals surface area contributed by atoms with Gasteiger partial charge >= 0.3 is 0 Å². The van der Waals surface area contributed by atoms with Crippen LogP contribution in [0.3, 0.4) is 0 Å². The molecule has 0 bridgehead atoms. The molecule has 0 radical (unpaired) electrons. The molecule has 0 aromatic heterocycles. The molecule has 2 aliphatic heterocycles. The number of hydrogen-bond donors (Lipinski definition) is 2. The molecule has 0 saturated carbocycles. The zero-order chi connectivity index (χ0) is 14.7. The van der Waals surface area contributed by atoms with Gasteiger partial charge in [0.1, 0.15) is 6.04 Å². The highest BCUT2D eigenvalue weighted by atomic mass is 16.2. The van der Waals surface area contributed by atoms with Crippen LogP contribution in [0.15, 0.2) is 24.3 Å². The van der Waals surface area contributed by atoms with E-state index in [0.717, 1.165) is 31.0 Å². The topological polar surface area (TPSA) is 44.4 Å². The first-order valence-corrected chi connectivity index (χ1v) is 8.03. The molecule has 0 spiro atoms. The summed E-state index contributed by atoms with van der Waals surface area (Å²) in [5.41, 5.74) is 2.35. The van der Waals surface area contributed by atoms with Crippen molar-refractivity contribution in [1.82, 2.24) is 10.2 Å². The molecular weight excluding hydrogens is 262 g/mol. The number of fused-ring (bicyclic) bond motifs is 1. The van der Waals surface area contributed by atoms with Crippen molar-refractivity contribution in [2.24, 2.45) is 5.92 Å². The Hall–Kier alpha value is -1.55. The summed E-state index contributed by atoms with van der Waals surface area (Å²) in [7, 11) is 2.18. The fourth-order valence-electron chi connectivity index (χ4n) is 3.33. The smallest absolute Gasteiger partial charge is 0.242 e. The maximum Gasteiger partial charge on any atom is 0.242 e. The second-order valence-electron chi connectivity index (χ2n) is 6.38. The Labute approximate surface area is 126 Å². The number of hydrogen-bond acceptors (Lipinski definition) is 3. The third-order valence-electron chi connectivity index (χ3n) is 4.78. The van der Waals surface area contributed by atoms with Crippen molar-refractivity contribution in [3.05, 3.63) is 29.8 Å². The van der Waals surface area contributed by atoms with Crippen LogP contribution in [-0.4, -0.2) is 43.5 Å². The quantitative estimate of drug-likeness (QED) is 0.888. The van der Waals surface area contributed by atoms with Crippen LogP contribution in [0.25, 0.3) is 0 Å². The summed E-state index contributed by atoms with van der Waals surface area (Å²) in [6.07, 6.45) is 4.44. The predicted molar refractivity (Wildman–Crippen MR) is 85.4 cm³/mol. The molecule has 0 unspecified atom stereocenters. The van der Waals surface area contributed by atoms with Crippen molar-refractivity contribution >= 4 is 11.6 Å². The number of piperidine rings is 1. The van der Waals surface area contributed by atoms with E-state index in [1.165, 1.54) is 31.5 Å². The Balaban J connectivity index is 1.40. The minimum Gasteiger partial charge on any atom is -0.373 e. The summed E-state index contributed by atoms with van der Waals surface area (Å²) < 4.78 is 0. The third kappa shape index (κ3) is 3.56. The highest BCUT2D eigenvalue weighted by Crippen LogP contribution is 2.25. The predicted octanol–water partition coefficient (Wildman–Crippen LogP) is 1.87. The zero-order valence-electron chi connectivity index (χ0n) is 12.8. The van der Waals surface area contributed by atoms with Crippen molar-refractivity contribution in [3.63, 3.8) is 0 Å². The van der Waals surface area contributed by atoms with Crippen LogP contribution in [0.5, 0.6) is 0 Å². The molecular formula is C17H25N3O. The van der Waals surface area contributed by atoms with Gasteiger partial charge in [0.2, 0.25) is 5.91 Å². The molecule has 1 saturated heterocycles. The normalized spacial score (nSPS) is 22.6. The van der Waals surface area contributed by atoms with Gasteiger partial charge in [0.25, 0.3) is 0 Å². The molecule has 4 nitrogen and oxygen atoms in total. The van der Waals surface area contributed by atoms with Crippen molar-refractivity contribution in [2.45, 2.75) is 31.7 Å². The summed E-state index contributed by atoms with van der Waals surface area (Å²) in [5.74, 6) is 0.911. The van der Waals surface area contributed by atoms with E-state index < -0.39 is 0 Å². The Morgan fingerprint density at radius 3 is 2.86 bits per heavy atom. The van der Waals surface area contributed by atoms with Gasteiger partial charge in [0.05, 0.1) is 0 Å². The van der Waals surface area contributed by atoms with Gasteiger partial charge in [0.15, 0.2) is 0 Å². The molecule has 21 heavy (non-hydrogen) atoms. The number of amides is 1. The Morgan fingerprint density at radius 2 is 2.10 bits per heavy atom. The van der Waals surface area contributed by atoms with E-state index in [0.29, 0.717) is 0 Å². The van der Waals surface area contributed by atoms with Crippen LogP contribution >= 0.6 is 0 Å². The summed E-state index contributed by atoms with van der Waals surface area (Å²) in [4.78, 5) is 14.6. The molecule has 1 amide bonds. The maximum absolute atomic E-state index is 12.2. The largest absolute Gasteiger partial charge is 0.373 e. The summed E-state index contributed by atoms with van der Waals surface area (Å²) >= 11 is 0. The SMILES string of the molecule is CN1CCC(CCNC(=O)[C@@H]2Cc3ccccc3N2)CC1. The van der Waals surface area contributed by atoms with Gasteiger partial charge in [-0.15, -0.1) is 0 Å². The fraction of sp³-hybridized carbons (Fsp3) is 0.588. The Kier molecular flexibility index (Phi) is 4.44. The van der Waals surface area contributed by atoms with Crippen molar-refractivity contribution in [2.75, 3.05) is 32.0 Å². The zero-order valence-corrected chi connectivity index (χ0v) is 12.8. The lowest BCUT2D eigenvalue weighted by molar-refractivity contribution is -0.121. The molecule has 3 rings (SSSR count). The first-order valence-electron chi connectivity index (χ1n) is 8.03. The summed E-state index contributed by atoms with van der Waals surface area (Å²) in [6, 6.07) is 8.07. The van der Waals surface area contributed by atoms with Crippen LogP contribution in [0.4, 0.5) is 5.69 Å². The van der Waals surface area contributed by atoms with Gasteiger partial charge in [-0.05, 0) is 56.9 Å². The lowest BCUT2D eigenvalue weighted by atomic mass is 9.94. The minimum absolute atomic E-state index is 0.0973. The number of anilines is 1. The molecule has 0 aliphatic carbocycles. The molecule has 2 heterocycles. The van der Waals surface area contributed by atoms with Gasteiger partial charge in [-0.25, -0.2) is 0 Å². The number of benzene rings is 1. The molecule has 1 aromatic carbocycles. The monoisotopic (exact) mass is 287 g/mol. The summed E-state index contributed by atoms with van der Waals surface area (Å²) in [5, 5.41) is 6.41. The molecule has 1 fully saturated rings. The van der Waals surface area contributed by atoms with E-state index in [9.17, 15) is 4.79 Å². The lowest BCUT2D eigenvalue weighted by Gasteiger charge is -2.29. The van der Waals surface area contributed by atoms with Crippen LogP contribution < -0.4 is 10.6 Å². The van der Waals surface area contributed by atoms with Crippen LogP contribution in [0, 0.1) is 5.92 Å². The molecule has 114 valence electrons. The van der Waals surface area contributed by atoms with Crippen LogP contribution in [0.1, 0.15) is 24.8 Å². The average molecular weight is 287 g/mol. The van der Waals surface area contributed by atoms with Gasteiger partial charge in [0, 0.05) is 18.7 Å². The van der Waals surface area contributed by atoms with Gasteiger partial charge in [-0.2, -0.15) is 0 Å². The highest BCUT2D eigenvalue weighted by Gasteiger charge is 2.26. The minimum atomic E-state index is -0.0973. The Morgan fingerprint density at radius 1 is 1.33 bits per heavy atom. The number of carbonyl (C=O) groups is 1. The van der Waals surface area contributed by atoms with Crippen molar-refractivity contribution < 1.29 is 4.79 Å². The second kappa shape index (κ2) is 6.48. The van der Waals surface area contributed by atoms with E-state index in [-0.39, 0.29) is 11.9 Å². The lowest BCUT2D eigenvalue weighted by Crippen LogP contribution is -2.40. The first kappa shape index (κ1) is 14.4. The molecule has 2 aliphatic rings. The Bertz CT molecular complexity index is 470. The molecule has 1 aromatic rings. The van der Waals surface area contributed by atoms with Gasteiger partial charge < -0.3 is 15.5 Å². The maximum atomic E-state index is 12.2. The standard InChI is InChI=1S/C17H25N3O/c1-20-10-7-13(8-11-20)6-9-18-17(21)16-12-14-4-2-3-5-15(14)19-16/h2-5,13,16,19H,6-12H2,1H3,(H,18,21)/t16-/m0/s1. The van der Waals surface area contributed by atoms with E-state index in [4.69, 9.17) is 0 Å². The molecule has 2 N–H and O–H groups in total. The highest BCUT2D eigenvalue weighted by molar-refractivity contribution is 5.87. The van der Waals surface area contributed by atoms with Crippen LogP contribution in [-0.2, 0) is 11.2 Å². The molecule has 1 atom stereocenters. The number of likely N-dealkylation sites (tertiary alicyclic amines) is 1. The van der Waals surface area contributed by atoms with E-state index in [2.05, 4.69) is 28.6 Å². The average Bonchev–Trinajstić information content (AvgIpc) is 2.93. The summed E-state index contributed by atoms with van der Waals surface area (Å²) in [6.45, 7) is 3.19. The number of para-hydroxylation sites is 1. The van der Waals surface area contributed by atoms with Gasteiger partial charge in [-0.1, -0.05) is 18.2 Å².